The molecule has 2 aromatic carbocycles. The maximum atomic E-state index is 6.66. The first-order chi connectivity index (χ1) is 14.6. The second kappa shape index (κ2) is 8.43. The molecular weight excluding hydrogens is 394 g/mol. The monoisotopic (exact) mass is 425 g/mol. The van der Waals surface area contributed by atoms with Gasteiger partial charge in [0, 0.05) is 23.7 Å². The van der Waals surface area contributed by atoms with Crippen LogP contribution in [0.1, 0.15) is 48.8 Å². The summed E-state index contributed by atoms with van der Waals surface area (Å²) in [7, 11) is 1.69. The molecule has 30 heavy (non-hydrogen) atoms. The van der Waals surface area contributed by atoms with E-state index in [-0.39, 0.29) is 0 Å². The maximum Gasteiger partial charge on any atom is 0.163 e. The minimum absolute atomic E-state index is 0.500. The van der Waals surface area contributed by atoms with Gasteiger partial charge in [0.05, 0.1) is 7.11 Å². The van der Waals surface area contributed by atoms with Crippen molar-refractivity contribution in [3.05, 3.63) is 58.1 Å². The average Bonchev–Trinajstić information content (AvgIpc) is 2.72. The lowest BCUT2D eigenvalue weighted by Gasteiger charge is -2.54. The summed E-state index contributed by atoms with van der Waals surface area (Å²) in [5, 5.41) is 4.62. The third kappa shape index (κ3) is 4.07. The van der Waals surface area contributed by atoms with Gasteiger partial charge in [-0.2, -0.15) is 0 Å². The van der Waals surface area contributed by atoms with Crippen LogP contribution in [0.2, 0.25) is 5.02 Å². The normalized spacial score (nSPS) is 29.2. The Labute approximate surface area is 185 Å². The molecule has 1 N–H and O–H groups in total. The first kappa shape index (κ1) is 20.2. The van der Waals surface area contributed by atoms with Crippen molar-refractivity contribution in [3.63, 3.8) is 0 Å². The standard InChI is InChI=1S/C26H32ClNO2/c1-16-4-3-5-17(6-16)15-30-25-13-23(27)22(12-24(25)29-2)14-28-26-20-8-18-7-19(10-20)11-21(26)9-18/h3-6,12-13,18-21,26,28H,7-11,14-15H2,1-2H3. The van der Waals surface area contributed by atoms with E-state index in [1.807, 2.05) is 12.1 Å². The smallest absolute Gasteiger partial charge is 0.163 e. The zero-order chi connectivity index (χ0) is 20.7. The molecule has 0 radical (unpaired) electrons. The van der Waals surface area contributed by atoms with Gasteiger partial charge in [-0.15, -0.1) is 0 Å². The molecule has 4 aliphatic carbocycles. The zero-order valence-electron chi connectivity index (χ0n) is 18.0. The highest BCUT2D eigenvalue weighted by Crippen LogP contribution is 2.53. The number of ether oxygens (including phenoxy) is 2. The molecule has 4 bridgehead atoms. The summed E-state index contributed by atoms with van der Waals surface area (Å²) < 4.78 is 11.7. The number of nitrogens with one attached hydrogen (secondary N) is 1. The average molecular weight is 426 g/mol. The van der Waals surface area contributed by atoms with Gasteiger partial charge in [-0.05, 0) is 79.9 Å². The zero-order valence-corrected chi connectivity index (χ0v) is 18.8. The van der Waals surface area contributed by atoms with Crippen LogP contribution < -0.4 is 14.8 Å². The van der Waals surface area contributed by atoms with Crippen LogP contribution in [0.25, 0.3) is 0 Å². The van der Waals surface area contributed by atoms with Gasteiger partial charge in [0.15, 0.2) is 11.5 Å². The molecule has 0 atom stereocenters. The highest BCUT2D eigenvalue weighted by Gasteiger charge is 2.47. The lowest BCUT2D eigenvalue weighted by molar-refractivity contribution is -0.0142. The molecule has 4 fully saturated rings. The molecule has 0 aromatic heterocycles. The van der Waals surface area contributed by atoms with Crippen molar-refractivity contribution in [1.82, 2.24) is 5.32 Å². The molecule has 0 saturated heterocycles. The predicted octanol–water partition coefficient (Wildman–Crippen LogP) is 6.15. The number of rotatable bonds is 7. The molecule has 160 valence electrons. The van der Waals surface area contributed by atoms with E-state index in [2.05, 4.69) is 36.5 Å². The third-order valence-electron chi connectivity index (χ3n) is 7.56. The van der Waals surface area contributed by atoms with Crippen molar-refractivity contribution in [3.8, 4) is 11.5 Å². The van der Waals surface area contributed by atoms with Gasteiger partial charge >= 0.3 is 0 Å². The minimum Gasteiger partial charge on any atom is -0.493 e. The van der Waals surface area contributed by atoms with Gasteiger partial charge in [0.2, 0.25) is 0 Å². The Balaban J connectivity index is 1.26. The van der Waals surface area contributed by atoms with Crippen molar-refractivity contribution in [2.75, 3.05) is 7.11 Å². The molecule has 0 amide bonds. The number of hydrogen-bond donors (Lipinski definition) is 1. The molecule has 0 spiro atoms. The fourth-order valence-corrected chi connectivity index (χ4v) is 6.65. The topological polar surface area (TPSA) is 30.5 Å². The van der Waals surface area contributed by atoms with E-state index in [4.69, 9.17) is 21.1 Å². The molecule has 0 heterocycles. The second-order valence-corrected chi connectivity index (χ2v) is 10.1. The van der Waals surface area contributed by atoms with E-state index in [9.17, 15) is 0 Å². The van der Waals surface area contributed by atoms with E-state index in [1.54, 1.807) is 7.11 Å². The van der Waals surface area contributed by atoms with Crippen molar-refractivity contribution >= 4 is 11.6 Å². The Morgan fingerprint density at radius 2 is 1.70 bits per heavy atom. The lowest BCUT2D eigenvalue weighted by Crippen LogP contribution is -2.54. The Morgan fingerprint density at radius 1 is 0.967 bits per heavy atom. The van der Waals surface area contributed by atoms with Gasteiger partial charge in [-0.1, -0.05) is 41.4 Å². The fourth-order valence-electron chi connectivity index (χ4n) is 6.43. The molecule has 3 nitrogen and oxygen atoms in total. The lowest BCUT2D eigenvalue weighted by atomic mass is 9.54. The molecule has 6 rings (SSSR count). The van der Waals surface area contributed by atoms with Gasteiger partial charge in [0.1, 0.15) is 6.61 Å². The summed E-state index contributed by atoms with van der Waals surface area (Å²) in [6.07, 6.45) is 7.19. The van der Waals surface area contributed by atoms with Gasteiger partial charge in [-0.3, -0.25) is 0 Å². The molecule has 4 heteroatoms. The summed E-state index contributed by atoms with van der Waals surface area (Å²) in [4.78, 5) is 0. The van der Waals surface area contributed by atoms with E-state index in [0.717, 1.165) is 52.1 Å². The Bertz CT molecular complexity index is 884. The van der Waals surface area contributed by atoms with Gasteiger partial charge in [-0.25, -0.2) is 0 Å². The van der Waals surface area contributed by atoms with Gasteiger partial charge < -0.3 is 14.8 Å². The Kier molecular flexibility index (Phi) is 5.68. The van der Waals surface area contributed by atoms with E-state index in [0.29, 0.717) is 18.4 Å². The summed E-state index contributed by atoms with van der Waals surface area (Å²) in [6, 6.07) is 12.9. The summed E-state index contributed by atoms with van der Waals surface area (Å²) in [5.41, 5.74) is 3.46. The SMILES string of the molecule is COc1cc(CNC2C3CC4CC(C3)CC2C4)c(Cl)cc1OCc1cccc(C)c1. The summed E-state index contributed by atoms with van der Waals surface area (Å²) >= 11 is 6.66. The van der Waals surface area contributed by atoms with Gasteiger partial charge in [0.25, 0.3) is 0 Å². The van der Waals surface area contributed by atoms with Crippen LogP contribution in [0, 0.1) is 30.6 Å². The van der Waals surface area contributed by atoms with Crippen molar-refractivity contribution in [2.24, 2.45) is 23.7 Å². The Hall–Kier alpha value is -1.71. The fraction of sp³-hybridized carbons (Fsp3) is 0.538. The van der Waals surface area contributed by atoms with Crippen LogP contribution in [0.5, 0.6) is 11.5 Å². The predicted molar refractivity (Wildman–Crippen MR) is 121 cm³/mol. The molecule has 2 aromatic rings. The molecule has 4 aliphatic rings. The molecule has 4 saturated carbocycles. The highest BCUT2D eigenvalue weighted by molar-refractivity contribution is 6.31. The maximum absolute atomic E-state index is 6.66. The van der Waals surface area contributed by atoms with Crippen LogP contribution in [0.3, 0.4) is 0 Å². The number of benzene rings is 2. The third-order valence-corrected chi connectivity index (χ3v) is 7.92. The van der Waals surface area contributed by atoms with Crippen LogP contribution in [-0.2, 0) is 13.2 Å². The number of methoxy groups -OCH3 is 1. The molecule has 0 aliphatic heterocycles. The Morgan fingerprint density at radius 3 is 2.37 bits per heavy atom. The van der Waals surface area contributed by atoms with Crippen LogP contribution in [0.15, 0.2) is 36.4 Å². The quantitative estimate of drug-likeness (QED) is 0.577. The van der Waals surface area contributed by atoms with Crippen LogP contribution in [-0.4, -0.2) is 13.2 Å². The number of halogens is 1. The summed E-state index contributed by atoms with van der Waals surface area (Å²) in [6.45, 7) is 3.38. The van der Waals surface area contributed by atoms with Crippen LogP contribution in [0.4, 0.5) is 0 Å². The molecular formula is C26H32ClNO2. The van der Waals surface area contributed by atoms with Crippen LogP contribution >= 0.6 is 11.6 Å². The van der Waals surface area contributed by atoms with E-state index < -0.39 is 0 Å². The van der Waals surface area contributed by atoms with Crippen molar-refractivity contribution in [2.45, 2.75) is 58.2 Å². The first-order valence-electron chi connectivity index (χ1n) is 11.4. The highest BCUT2D eigenvalue weighted by atomic mass is 35.5. The first-order valence-corrected chi connectivity index (χ1v) is 11.7. The molecule has 0 unspecified atom stereocenters. The van der Waals surface area contributed by atoms with E-state index >= 15 is 0 Å². The summed E-state index contributed by atoms with van der Waals surface area (Å²) in [5.74, 6) is 5.16. The van der Waals surface area contributed by atoms with Crippen molar-refractivity contribution in [1.29, 1.82) is 0 Å². The minimum atomic E-state index is 0.500. The number of hydrogen-bond acceptors (Lipinski definition) is 3. The number of aryl methyl sites for hydroxylation is 1. The van der Waals surface area contributed by atoms with E-state index in [1.165, 1.54) is 37.7 Å². The van der Waals surface area contributed by atoms with Crippen molar-refractivity contribution < 1.29 is 9.47 Å². The second-order valence-electron chi connectivity index (χ2n) is 9.71. The largest absolute Gasteiger partial charge is 0.493 e.